The molecule has 5 N–H and O–H groups in total. The molecule has 1 amide bonds. The van der Waals surface area contributed by atoms with E-state index in [2.05, 4.69) is 59.5 Å². The maximum Gasteiger partial charge on any atom is 0.223 e. The Morgan fingerprint density at radius 3 is 2.69 bits per heavy atom. The van der Waals surface area contributed by atoms with Crippen molar-refractivity contribution in [3.05, 3.63) is 113 Å². The summed E-state index contributed by atoms with van der Waals surface area (Å²) in [6.07, 6.45) is 15.7. The molecule has 5 aliphatic rings. The first kappa shape index (κ1) is 36.4. The van der Waals surface area contributed by atoms with Gasteiger partial charge in [-0.3, -0.25) is 4.79 Å². The third-order valence-corrected chi connectivity index (χ3v) is 12.0. The molecular weight excluding hydrogens is 677 g/mol. The van der Waals surface area contributed by atoms with Gasteiger partial charge >= 0.3 is 0 Å². The van der Waals surface area contributed by atoms with E-state index in [4.69, 9.17) is 15.2 Å². The first-order valence-electron chi connectivity index (χ1n) is 20.0. The minimum absolute atomic E-state index is 0.0879. The Kier molecular flexibility index (Phi) is 10.8. The molecule has 284 valence electrons. The van der Waals surface area contributed by atoms with Gasteiger partial charge in [-0.15, -0.1) is 0 Å². The van der Waals surface area contributed by atoms with Crippen LogP contribution in [0.4, 0.5) is 0 Å². The first-order chi connectivity index (χ1) is 26.3. The number of phenols is 1. The molecule has 6 bridgehead atoms. The molecule has 9 heteroatoms. The number of hydrogen-bond donors (Lipinski definition) is 4. The van der Waals surface area contributed by atoms with Crippen LogP contribution in [0.5, 0.6) is 11.5 Å². The Labute approximate surface area is 318 Å². The number of likely N-dealkylation sites (tertiary alicyclic amines) is 1. The molecule has 54 heavy (non-hydrogen) atoms. The maximum absolute atomic E-state index is 13.5. The van der Waals surface area contributed by atoms with Crippen LogP contribution in [-0.2, 0) is 29.0 Å². The number of hydrogen-bond acceptors (Lipinski definition) is 7. The molecule has 1 fully saturated rings. The van der Waals surface area contributed by atoms with E-state index < -0.39 is 6.10 Å². The zero-order valence-corrected chi connectivity index (χ0v) is 31.4. The average Bonchev–Trinajstić information content (AvgIpc) is 3.59. The van der Waals surface area contributed by atoms with Gasteiger partial charge in [-0.1, -0.05) is 74.7 Å². The number of amides is 1. The molecule has 4 aromatic rings. The highest BCUT2D eigenvalue weighted by Gasteiger charge is 2.31. The van der Waals surface area contributed by atoms with E-state index in [-0.39, 0.29) is 42.4 Å². The summed E-state index contributed by atoms with van der Waals surface area (Å²) >= 11 is 0. The number of benzene rings is 3. The summed E-state index contributed by atoms with van der Waals surface area (Å²) in [6, 6.07) is 18.4. The highest BCUT2D eigenvalue weighted by atomic mass is 16.5. The van der Waals surface area contributed by atoms with Crippen molar-refractivity contribution in [1.82, 2.24) is 14.8 Å². The van der Waals surface area contributed by atoms with Crippen LogP contribution in [0.1, 0.15) is 92.0 Å². The van der Waals surface area contributed by atoms with Crippen LogP contribution in [0, 0.1) is 5.92 Å². The lowest BCUT2D eigenvalue weighted by Gasteiger charge is -2.32. The van der Waals surface area contributed by atoms with E-state index in [9.17, 15) is 15.0 Å². The number of aliphatic hydroxyl groups excluding tert-OH is 1. The third kappa shape index (κ3) is 7.67. The number of carbonyl (C=O) groups excluding carboxylic acids is 1. The summed E-state index contributed by atoms with van der Waals surface area (Å²) in [5, 5.41) is 28.4. The quantitative estimate of drug-likeness (QED) is 0.142. The first-order valence-corrected chi connectivity index (χ1v) is 20.0. The smallest absolute Gasteiger partial charge is 0.223 e. The van der Waals surface area contributed by atoms with E-state index >= 15 is 0 Å². The van der Waals surface area contributed by atoms with Crippen LogP contribution in [0.2, 0.25) is 0 Å². The fraction of sp³-hybridized carbons (Fsp3) is 0.444. The predicted octanol–water partition coefficient (Wildman–Crippen LogP) is 7.13. The van der Waals surface area contributed by atoms with E-state index in [1.165, 1.54) is 0 Å². The Balaban J connectivity index is 1.25. The van der Waals surface area contributed by atoms with Crippen LogP contribution in [-0.4, -0.2) is 63.7 Å². The lowest BCUT2D eigenvalue weighted by molar-refractivity contribution is -0.134. The van der Waals surface area contributed by atoms with Gasteiger partial charge in [0.25, 0.3) is 0 Å². The maximum atomic E-state index is 13.5. The zero-order chi connectivity index (χ0) is 37.2. The summed E-state index contributed by atoms with van der Waals surface area (Å²) in [5.41, 5.74) is 12.7. The Morgan fingerprint density at radius 1 is 1.04 bits per heavy atom. The number of nitrogens with zero attached hydrogens (tertiary/aromatic N) is 2. The highest BCUT2D eigenvalue weighted by Crippen LogP contribution is 2.41. The van der Waals surface area contributed by atoms with Gasteiger partial charge in [0, 0.05) is 59.7 Å². The average molecular weight is 731 g/mol. The van der Waals surface area contributed by atoms with Gasteiger partial charge in [-0.25, -0.2) is 0 Å². The topological polar surface area (TPSA) is 122 Å². The minimum Gasteiger partial charge on any atom is -0.504 e. The molecule has 5 atom stereocenters. The number of fused-ring (bicyclic) bond motifs is 6. The largest absolute Gasteiger partial charge is 0.504 e. The van der Waals surface area contributed by atoms with E-state index in [0.717, 1.165) is 114 Å². The normalized spacial score (nSPS) is 23.3. The number of aromatic nitrogens is 1. The van der Waals surface area contributed by atoms with Gasteiger partial charge in [0.05, 0.1) is 25.0 Å². The lowest BCUT2D eigenvalue weighted by Crippen LogP contribution is -2.42. The second kappa shape index (κ2) is 16.0. The highest BCUT2D eigenvalue weighted by molar-refractivity contribution is 5.88. The fourth-order valence-electron chi connectivity index (χ4n) is 8.78. The SMILES string of the molecule is CCCCC[C@H]1C[C@H](O)[C@@H]2CCc3c(ccc(O)c3OCc3cc([C@H](CC(=O)N4CCC4)c4ccccc4)cc4cn(cc34)C3=C(C=CC(N)N3)CO1)C2. The number of aromatic hydroxyl groups is 1. The van der Waals surface area contributed by atoms with Gasteiger partial charge in [0.1, 0.15) is 12.4 Å². The molecule has 9 rings (SSSR count). The molecule has 1 unspecified atom stereocenters. The Hall–Kier alpha value is -4.57. The van der Waals surface area contributed by atoms with Crippen molar-refractivity contribution in [3.8, 4) is 11.5 Å². The van der Waals surface area contributed by atoms with Crippen LogP contribution in [0.3, 0.4) is 0 Å². The van der Waals surface area contributed by atoms with Crippen molar-refractivity contribution in [1.29, 1.82) is 0 Å². The summed E-state index contributed by atoms with van der Waals surface area (Å²) < 4.78 is 15.5. The van der Waals surface area contributed by atoms with Gasteiger partial charge in [0.2, 0.25) is 5.91 Å². The molecule has 5 heterocycles. The number of phenolic OH excluding ortho intramolecular Hbond substituents is 1. The molecule has 0 spiro atoms. The second-order valence-electron chi connectivity index (χ2n) is 15.7. The fourth-order valence-corrected chi connectivity index (χ4v) is 8.78. The van der Waals surface area contributed by atoms with Crippen LogP contribution in [0.15, 0.2) is 84.7 Å². The molecule has 0 saturated carbocycles. The third-order valence-electron chi connectivity index (χ3n) is 12.0. The zero-order valence-electron chi connectivity index (χ0n) is 31.4. The molecule has 9 nitrogen and oxygen atoms in total. The number of nitrogens with one attached hydrogen (secondary N) is 1. The number of dihydropyridines is 1. The van der Waals surface area contributed by atoms with E-state index in [1.807, 2.05) is 35.2 Å². The molecule has 1 saturated heterocycles. The van der Waals surface area contributed by atoms with E-state index in [0.29, 0.717) is 25.2 Å². The van der Waals surface area contributed by atoms with Gasteiger partial charge in [-0.05, 0) is 84.9 Å². The number of aliphatic hydroxyl groups is 1. The standard InChI is InChI=1S/C45H54N4O5/c1-2-3-5-11-36-23-41(51)31-12-15-37-30(20-31)13-16-40(50)44(37)54-28-35-22-33(38(29-9-6-4-7-10-29)24-43(52)48-18-8-19-48)21-34-25-49(26-39(34)35)45-32(27-53-36)14-17-42(46)47-45/h4,6-7,9-10,13-14,16-17,21-22,25-26,31,36,38,41-42,47,50-51H,2-3,5,8,11-12,15,18-20,23-24,27-28,46H2,1H3/t31-,36+,38-,41+,42?/m1/s1. The minimum atomic E-state index is -0.503. The lowest BCUT2D eigenvalue weighted by atomic mass is 9.79. The predicted molar refractivity (Wildman–Crippen MR) is 212 cm³/mol. The van der Waals surface area contributed by atoms with Crippen LogP contribution >= 0.6 is 0 Å². The van der Waals surface area contributed by atoms with Gasteiger partial charge in [0.15, 0.2) is 11.5 Å². The Morgan fingerprint density at radius 2 is 1.89 bits per heavy atom. The number of carbonyl (C=O) groups is 1. The number of unbranched alkanes of at least 4 members (excludes halogenated alkanes) is 2. The molecule has 1 aromatic heterocycles. The van der Waals surface area contributed by atoms with Crippen molar-refractivity contribution in [2.75, 3.05) is 19.7 Å². The molecule has 3 aromatic carbocycles. The van der Waals surface area contributed by atoms with Crippen molar-refractivity contribution in [2.24, 2.45) is 11.7 Å². The summed E-state index contributed by atoms with van der Waals surface area (Å²) in [4.78, 5) is 15.5. The van der Waals surface area contributed by atoms with Crippen molar-refractivity contribution in [3.63, 3.8) is 0 Å². The van der Waals surface area contributed by atoms with Crippen LogP contribution < -0.4 is 15.8 Å². The molecule has 4 aliphatic heterocycles. The van der Waals surface area contributed by atoms with Gasteiger partial charge in [-0.2, -0.15) is 0 Å². The second-order valence-corrected chi connectivity index (χ2v) is 15.7. The van der Waals surface area contributed by atoms with Crippen molar-refractivity contribution >= 4 is 22.5 Å². The van der Waals surface area contributed by atoms with E-state index in [1.54, 1.807) is 6.07 Å². The number of nitrogens with two attached hydrogens (primary N) is 1. The Bertz CT molecular complexity index is 2030. The van der Waals surface area contributed by atoms with Crippen molar-refractivity contribution in [2.45, 2.75) is 102 Å². The monoisotopic (exact) mass is 730 g/mol. The molecule has 0 radical (unpaired) electrons. The molecule has 1 aliphatic carbocycles. The van der Waals surface area contributed by atoms with Crippen LogP contribution in [0.25, 0.3) is 16.6 Å². The number of ether oxygens (including phenoxy) is 2. The molecular formula is C45H54N4O5. The van der Waals surface area contributed by atoms with Crippen molar-refractivity contribution < 1.29 is 24.5 Å². The number of rotatable bonds is 8. The van der Waals surface area contributed by atoms with Gasteiger partial charge < -0.3 is 40.2 Å². The summed E-state index contributed by atoms with van der Waals surface area (Å²) in [7, 11) is 0. The summed E-state index contributed by atoms with van der Waals surface area (Å²) in [5.74, 6) is 1.61. The summed E-state index contributed by atoms with van der Waals surface area (Å²) in [6.45, 7) is 4.45.